The minimum atomic E-state index is 0.842. The maximum atomic E-state index is 4.48. The van der Waals surface area contributed by atoms with Crippen molar-refractivity contribution in [3.63, 3.8) is 0 Å². The monoisotopic (exact) mass is 257 g/mol. The SMILES string of the molecule is CCc1cccc(C)c1NCc1cn(C)nc1CC. The van der Waals surface area contributed by atoms with Crippen LogP contribution < -0.4 is 5.32 Å². The van der Waals surface area contributed by atoms with Gasteiger partial charge in [-0.15, -0.1) is 0 Å². The van der Waals surface area contributed by atoms with Gasteiger partial charge in [-0.25, -0.2) is 0 Å². The Kier molecular flexibility index (Phi) is 4.25. The van der Waals surface area contributed by atoms with Gasteiger partial charge in [0, 0.05) is 31.0 Å². The summed E-state index contributed by atoms with van der Waals surface area (Å²) in [7, 11) is 1.98. The lowest BCUT2D eigenvalue weighted by Crippen LogP contribution is -2.05. The molecule has 3 heteroatoms. The largest absolute Gasteiger partial charge is 0.380 e. The molecule has 2 aromatic rings. The fourth-order valence-corrected chi connectivity index (χ4v) is 2.49. The van der Waals surface area contributed by atoms with Crippen LogP contribution in [0, 0.1) is 6.92 Å². The highest BCUT2D eigenvalue weighted by Crippen LogP contribution is 2.22. The summed E-state index contributed by atoms with van der Waals surface area (Å²) < 4.78 is 1.90. The van der Waals surface area contributed by atoms with Gasteiger partial charge in [-0.3, -0.25) is 4.68 Å². The second kappa shape index (κ2) is 5.91. The molecule has 1 aromatic carbocycles. The molecule has 0 radical (unpaired) electrons. The Morgan fingerprint density at radius 2 is 1.95 bits per heavy atom. The number of hydrogen-bond acceptors (Lipinski definition) is 2. The van der Waals surface area contributed by atoms with Gasteiger partial charge in [0.25, 0.3) is 0 Å². The van der Waals surface area contributed by atoms with Crippen LogP contribution in [-0.2, 0) is 26.4 Å². The van der Waals surface area contributed by atoms with Gasteiger partial charge in [0.05, 0.1) is 5.69 Å². The molecule has 19 heavy (non-hydrogen) atoms. The van der Waals surface area contributed by atoms with Crippen LogP contribution in [0.4, 0.5) is 5.69 Å². The highest BCUT2D eigenvalue weighted by Gasteiger charge is 2.08. The molecule has 0 fully saturated rings. The molecule has 1 N–H and O–H groups in total. The van der Waals surface area contributed by atoms with Crippen LogP contribution in [0.25, 0.3) is 0 Å². The van der Waals surface area contributed by atoms with Crippen molar-refractivity contribution in [3.8, 4) is 0 Å². The van der Waals surface area contributed by atoms with Gasteiger partial charge in [-0.2, -0.15) is 5.10 Å². The third-order valence-electron chi connectivity index (χ3n) is 3.52. The van der Waals surface area contributed by atoms with E-state index >= 15 is 0 Å². The zero-order chi connectivity index (χ0) is 13.8. The van der Waals surface area contributed by atoms with E-state index in [1.165, 1.54) is 28.1 Å². The van der Waals surface area contributed by atoms with E-state index in [-0.39, 0.29) is 0 Å². The summed E-state index contributed by atoms with van der Waals surface area (Å²) in [5, 5.41) is 8.07. The summed E-state index contributed by atoms with van der Waals surface area (Å²) >= 11 is 0. The number of rotatable bonds is 5. The second-order valence-electron chi connectivity index (χ2n) is 4.94. The van der Waals surface area contributed by atoms with Crippen LogP contribution in [0.1, 0.15) is 36.2 Å². The van der Waals surface area contributed by atoms with Crippen molar-refractivity contribution in [2.24, 2.45) is 7.05 Å². The summed E-state index contributed by atoms with van der Waals surface area (Å²) in [6, 6.07) is 6.48. The van der Waals surface area contributed by atoms with Crippen molar-refractivity contribution in [2.45, 2.75) is 40.2 Å². The second-order valence-corrected chi connectivity index (χ2v) is 4.94. The van der Waals surface area contributed by atoms with Gasteiger partial charge in [0.1, 0.15) is 0 Å². The van der Waals surface area contributed by atoms with Crippen LogP contribution in [0.15, 0.2) is 24.4 Å². The smallest absolute Gasteiger partial charge is 0.0671 e. The first-order chi connectivity index (χ1) is 9.15. The molecule has 0 spiro atoms. The predicted octanol–water partition coefficient (Wildman–Crippen LogP) is 3.47. The zero-order valence-corrected chi connectivity index (χ0v) is 12.3. The lowest BCUT2D eigenvalue weighted by molar-refractivity contribution is 0.746. The van der Waals surface area contributed by atoms with E-state index in [0.29, 0.717) is 0 Å². The van der Waals surface area contributed by atoms with E-state index in [4.69, 9.17) is 0 Å². The molecular formula is C16H23N3. The molecule has 0 saturated heterocycles. The molecular weight excluding hydrogens is 234 g/mol. The zero-order valence-electron chi connectivity index (χ0n) is 12.3. The molecule has 0 amide bonds. The average Bonchev–Trinajstić information content (AvgIpc) is 2.77. The van der Waals surface area contributed by atoms with Crippen molar-refractivity contribution >= 4 is 5.69 Å². The lowest BCUT2D eigenvalue weighted by atomic mass is 10.1. The first kappa shape index (κ1) is 13.7. The molecule has 0 unspecified atom stereocenters. The third-order valence-corrected chi connectivity index (χ3v) is 3.52. The first-order valence-corrected chi connectivity index (χ1v) is 6.99. The number of nitrogens with one attached hydrogen (secondary N) is 1. The van der Waals surface area contributed by atoms with Gasteiger partial charge < -0.3 is 5.32 Å². The third kappa shape index (κ3) is 2.98. The van der Waals surface area contributed by atoms with Crippen LogP contribution in [0.2, 0.25) is 0 Å². The van der Waals surface area contributed by atoms with Crippen molar-refractivity contribution in [1.82, 2.24) is 9.78 Å². The van der Waals surface area contributed by atoms with Gasteiger partial charge >= 0.3 is 0 Å². The molecule has 1 heterocycles. The number of para-hydroxylation sites is 1. The molecule has 0 aliphatic rings. The molecule has 0 saturated carbocycles. The lowest BCUT2D eigenvalue weighted by Gasteiger charge is -2.13. The molecule has 2 rings (SSSR count). The number of aryl methyl sites for hydroxylation is 4. The van der Waals surface area contributed by atoms with E-state index in [9.17, 15) is 0 Å². The Labute approximate surface area is 115 Å². The van der Waals surface area contributed by atoms with Crippen LogP contribution in [0.3, 0.4) is 0 Å². The summed E-state index contributed by atoms with van der Waals surface area (Å²) in [4.78, 5) is 0. The number of aromatic nitrogens is 2. The number of anilines is 1. The fraction of sp³-hybridized carbons (Fsp3) is 0.438. The number of hydrogen-bond donors (Lipinski definition) is 1. The fourth-order valence-electron chi connectivity index (χ4n) is 2.49. The number of benzene rings is 1. The van der Waals surface area contributed by atoms with Gasteiger partial charge in [0.2, 0.25) is 0 Å². The molecule has 0 aliphatic carbocycles. The normalized spacial score (nSPS) is 10.7. The van der Waals surface area contributed by atoms with Crippen LogP contribution in [0.5, 0.6) is 0 Å². The number of nitrogens with zero attached hydrogens (tertiary/aromatic N) is 2. The van der Waals surface area contributed by atoms with Crippen molar-refractivity contribution in [3.05, 3.63) is 46.8 Å². The Bertz CT molecular complexity index is 555. The topological polar surface area (TPSA) is 29.9 Å². The van der Waals surface area contributed by atoms with Gasteiger partial charge in [0.15, 0.2) is 0 Å². The van der Waals surface area contributed by atoms with E-state index in [0.717, 1.165) is 19.4 Å². The summed E-state index contributed by atoms with van der Waals surface area (Å²) in [6.45, 7) is 7.35. The van der Waals surface area contributed by atoms with E-state index in [1.807, 2.05) is 11.7 Å². The van der Waals surface area contributed by atoms with E-state index in [2.05, 4.69) is 55.6 Å². The van der Waals surface area contributed by atoms with Crippen molar-refractivity contribution in [2.75, 3.05) is 5.32 Å². The maximum absolute atomic E-state index is 4.48. The molecule has 3 nitrogen and oxygen atoms in total. The Hall–Kier alpha value is -1.77. The highest BCUT2D eigenvalue weighted by molar-refractivity contribution is 5.57. The van der Waals surface area contributed by atoms with Crippen LogP contribution in [-0.4, -0.2) is 9.78 Å². The average molecular weight is 257 g/mol. The summed E-state index contributed by atoms with van der Waals surface area (Å²) in [5.74, 6) is 0. The molecule has 1 aromatic heterocycles. The molecule has 0 aliphatic heterocycles. The molecule has 0 atom stereocenters. The quantitative estimate of drug-likeness (QED) is 0.889. The van der Waals surface area contributed by atoms with E-state index < -0.39 is 0 Å². The standard InChI is InChI=1S/C16H23N3/c1-5-13-9-7-8-12(3)16(13)17-10-14-11-19(4)18-15(14)6-2/h7-9,11,17H,5-6,10H2,1-4H3. The Balaban J connectivity index is 2.18. The van der Waals surface area contributed by atoms with Crippen molar-refractivity contribution < 1.29 is 0 Å². The minimum absolute atomic E-state index is 0.842. The minimum Gasteiger partial charge on any atom is -0.380 e. The van der Waals surface area contributed by atoms with Crippen LogP contribution >= 0.6 is 0 Å². The van der Waals surface area contributed by atoms with Gasteiger partial charge in [-0.1, -0.05) is 32.0 Å². The summed E-state index contributed by atoms with van der Waals surface area (Å²) in [5.41, 5.74) is 6.43. The van der Waals surface area contributed by atoms with Crippen molar-refractivity contribution in [1.29, 1.82) is 0 Å². The summed E-state index contributed by atoms with van der Waals surface area (Å²) in [6.07, 6.45) is 4.14. The molecule has 102 valence electrons. The Morgan fingerprint density at radius 1 is 1.16 bits per heavy atom. The van der Waals surface area contributed by atoms with E-state index in [1.54, 1.807) is 0 Å². The first-order valence-electron chi connectivity index (χ1n) is 6.99. The highest BCUT2D eigenvalue weighted by atomic mass is 15.3. The predicted molar refractivity (Wildman–Crippen MR) is 80.5 cm³/mol. The molecule has 0 bridgehead atoms. The maximum Gasteiger partial charge on any atom is 0.0671 e. The van der Waals surface area contributed by atoms with Gasteiger partial charge in [-0.05, 0) is 30.9 Å². The Morgan fingerprint density at radius 3 is 2.63 bits per heavy atom.